The third kappa shape index (κ3) is 3.95. The number of hydrogen-bond acceptors (Lipinski definition) is 6. The minimum atomic E-state index is 0.552. The predicted molar refractivity (Wildman–Crippen MR) is 101 cm³/mol. The fraction of sp³-hybridized carbons (Fsp3) is 0.667. The topological polar surface area (TPSA) is 40.4 Å². The lowest BCUT2D eigenvalue weighted by atomic mass is 10.00. The zero-order chi connectivity index (χ0) is 17.2. The highest BCUT2D eigenvalue weighted by Gasteiger charge is 2.38. The van der Waals surface area contributed by atoms with E-state index in [4.69, 9.17) is 0 Å². The molecular weight excluding hydrogens is 332 g/mol. The number of aromatic nitrogens is 3. The Morgan fingerprint density at radius 3 is 2.68 bits per heavy atom. The first-order valence-corrected chi connectivity index (χ1v) is 10.1. The Labute approximate surface area is 154 Å². The van der Waals surface area contributed by atoms with Crippen molar-refractivity contribution in [3.63, 3.8) is 0 Å². The van der Waals surface area contributed by atoms with Crippen molar-refractivity contribution in [1.29, 1.82) is 0 Å². The molecule has 0 unspecified atom stereocenters. The van der Waals surface area contributed by atoms with E-state index >= 15 is 0 Å². The van der Waals surface area contributed by atoms with E-state index in [1.54, 1.807) is 11.3 Å². The SMILES string of the molecule is CN1CCN([C@@H]2CCN(Cc3nccs3)[C@H]2Cc2cnn(C)c2)CC1. The van der Waals surface area contributed by atoms with Crippen LogP contribution >= 0.6 is 11.3 Å². The molecule has 0 N–H and O–H groups in total. The molecule has 4 rings (SSSR count). The molecule has 2 aliphatic heterocycles. The summed E-state index contributed by atoms with van der Waals surface area (Å²) in [7, 11) is 4.23. The molecule has 0 aliphatic carbocycles. The molecule has 2 fully saturated rings. The number of aryl methyl sites for hydroxylation is 1. The zero-order valence-electron chi connectivity index (χ0n) is 15.2. The van der Waals surface area contributed by atoms with Gasteiger partial charge in [0.15, 0.2) is 0 Å². The van der Waals surface area contributed by atoms with E-state index in [-0.39, 0.29) is 0 Å². The molecule has 25 heavy (non-hydrogen) atoms. The predicted octanol–water partition coefficient (Wildman–Crippen LogP) is 1.31. The maximum absolute atomic E-state index is 4.51. The van der Waals surface area contributed by atoms with E-state index in [0.29, 0.717) is 12.1 Å². The molecule has 0 spiro atoms. The van der Waals surface area contributed by atoms with E-state index in [2.05, 4.69) is 43.4 Å². The number of rotatable bonds is 5. The van der Waals surface area contributed by atoms with E-state index in [0.717, 1.165) is 13.0 Å². The van der Waals surface area contributed by atoms with Gasteiger partial charge >= 0.3 is 0 Å². The lowest BCUT2D eigenvalue weighted by molar-refractivity contribution is 0.0850. The summed E-state index contributed by atoms with van der Waals surface area (Å²) in [5.41, 5.74) is 1.35. The number of thiazole rings is 1. The van der Waals surface area contributed by atoms with Gasteiger partial charge in [-0.15, -0.1) is 11.3 Å². The molecule has 4 heterocycles. The fourth-order valence-electron chi connectivity index (χ4n) is 4.26. The van der Waals surface area contributed by atoms with Crippen LogP contribution in [-0.2, 0) is 20.0 Å². The minimum Gasteiger partial charge on any atom is -0.304 e. The molecule has 2 aromatic heterocycles. The van der Waals surface area contributed by atoms with Crippen molar-refractivity contribution in [2.45, 2.75) is 31.5 Å². The highest BCUT2D eigenvalue weighted by molar-refractivity contribution is 7.09. The van der Waals surface area contributed by atoms with Crippen molar-refractivity contribution in [3.05, 3.63) is 34.5 Å². The first-order chi connectivity index (χ1) is 12.2. The van der Waals surface area contributed by atoms with Crippen LogP contribution in [0, 0.1) is 0 Å². The molecule has 0 radical (unpaired) electrons. The van der Waals surface area contributed by atoms with Crippen LogP contribution in [0.25, 0.3) is 0 Å². The molecule has 136 valence electrons. The van der Waals surface area contributed by atoms with Crippen LogP contribution in [-0.4, -0.2) is 81.3 Å². The van der Waals surface area contributed by atoms with Crippen LogP contribution < -0.4 is 0 Å². The van der Waals surface area contributed by atoms with Crippen molar-refractivity contribution in [2.24, 2.45) is 7.05 Å². The Morgan fingerprint density at radius 2 is 2.00 bits per heavy atom. The summed E-state index contributed by atoms with van der Waals surface area (Å²) in [6.07, 6.45) is 8.46. The quantitative estimate of drug-likeness (QED) is 0.804. The van der Waals surface area contributed by atoms with Crippen LogP contribution in [0.3, 0.4) is 0 Å². The van der Waals surface area contributed by atoms with E-state index in [1.165, 1.54) is 49.7 Å². The second-order valence-electron chi connectivity index (χ2n) is 7.39. The van der Waals surface area contributed by atoms with Gasteiger partial charge in [0.05, 0.1) is 12.7 Å². The van der Waals surface area contributed by atoms with Gasteiger partial charge in [0.25, 0.3) is 0 Å². The minimum absolute atomic E-state index is 0.552. The molecule has 7 heteroatoms. The first-order valence-electron chi connectivity index (χ1n) is 9.21. The second-order valence-corrected chi connectivity index (χ2v) is 8.36. The number of hydrogen-bond donors (Lipinski definition) is 0. The third-order valence-corrected chi connectivity index (χ3v) is 6.42. The molecule has 0 amide bonds. The molecular formula is C18H28N6S. The molecule has 2 saturated heterocycles. The van der Waals surface area contributed by atoms with Crippen molar-refractivity contribution >= 4 is 11.3 Å². The molecule has 0 aromatic carbocycles. The van der Waals surface area contributed by atoms with Crippen LogP contribution in [0.5, 0.6) is 0 Å². The summed E-state index contributed by atoms with van der Waals surface area (Å²) in [6.45, 7) is 6.89. The van der Waals surface area contributed by atoms with Crippen molar-refractivity contribution < 1.29 is 0 Å². The smallest absolute Gasteiger partial charge is 0.107 e. The Hall–Kier alpha value is -1.28. The van der Waals surface area contributed by atoms with Gasteiger partial charge in [-0.2, -0.15) is 5.10 Å². The molecule has 0 bridgehead atoms. The monoisotopic (exact) mass is 360 g/mol. The van der Waals surface area contributed by atoms with Gasteiger partial charge < -0.3 is 4.90 Å². The van der Waals surface area contributed by atoms with Crippen LogP contribution in [0.4, 0.5) is 0 Å². The summed E-state index contributed by atoms with van der Waals surface area (Å²) in [4.78, 5) is 12.3. The number of likely N-dealkylation sites (N-methyl/N-ethyl adjacent to an activating group) is 1. The Kier molecular flexibility index (Phi) is 5.17. The van der Waals surface area contributed by atoms with Crippen LogP contribution in [0.15, 0.2) is 24.0 Å². The Bertz CT molecular complexity index is 661. The average molecular weight is 361 g/mol. The number of nitrogens with zero attached hydrogens (tertiary/aromatic N) is 6. The number of likely N-dealkylation sites (tertiary alicyclic amines) is 1. The molecule has 0 saturated carbocycles. The van der Waals surface area contributed by atoms with Gasteiger partial charge in [0.2, 0.25) is 0 Å². The molecule has 2 aliphatic rings. The second kappa shape index (κ2) is 7.53. The zero-order valence-corrected chi connectivity index (χ0v) is 16.0. The highest BCUT2D eigenvalue weighted by atomic mass is 32.1. The van der Waals surface area contributed by atoms with Gasteiger partial charge in [-0.3, -0.25) is 14.5 Å². The Morgan fingerprint density at radius 1 is 1.16 bits per heavy atom. The van der Waals surface area contributed by atoms with Gasteiger partial charge in [0, 0.05) is 69.6 Å². The van der Waals surface area contributed by atoms with Crippen molar-refractivity contribution in [2.75, 3.05) is 39.8 Å². The molecule has 2 aromatic rings. The fourth-order valence-corrected chi connectivity index (χ4v) is 4.91. The van der Waals surface area contributed by atoms with E-state index < -0.39 is 0 Å². The van der Waals surface area contributed by atoms with Crippen LogP contribution in [0.2, 0.25) is 0 Å². The highest BCUT2D eigenvalue weighted by Crippen LogP contribution is 2.28. The summed E-state index contributed by atoms with van der Waals surface area (Å²) < 4.78 is 1.92. The lowest BCUT2D eigenvalue weighted by Crippen LogP contribution is -2.53. The maximum Gasteiger partial charge on any atom is 0.107 e. The van der Waals surface area contributed by atoms with E-state index in [1.807, 2.05) is 24.1 Å². The largest absolute Gasteiger partial charge is 0.304 e. The van der Waals surface area contributed by atoms with Gasteiger partial charge in [-0.1, -0.05) is 0 Å². The third-order valence-electron chi connectivity index (χ3n) is 5.66. The van der Waals surface area contributed by atoms with Crippen LogP contribution in [0.1, 0.15) is 17.0 Å². The standard InChI is InChI=1S/C18H28N6S/c1-21-6-8-23(9-7-21)16-3-5-24(14-18-19-4-10-25-18)17(16)11-15-12-20-22(2)13-15/h4,10,12-13,16-17H,3,5-9,11,14H2,1-2H3/t16-,17+/m1/s1. The molecule has 2 atom stereocenters. The van der Waals surface area contributed by atoms with Gasteiger partial charge in [-0.25, -0.2) is 4.98 Å². The van der Waals surface area contributed by atoms with Crippen molar-refractivity contribution in [3.8, 4) is 0 Å². The van der Waals surface area contributed by atoms with Gasteiger partial charge in [0.1, 0.15) is 5.01 Å². The summed E-state index contributed by atoms with van der Waals surface area (Å²) in [5, 5.41) is 7.69. The summed E-state index contributed by atoms with van der Waals surface area (Å²) in [5.74, 6) is 0. The summed E-state index contributed by atoms with van der Waals surface area (Å²) >= 11 is 1.77. The normalized spacial score (nSPS) is 26.5. The maximum atomic E-state index is 4.51. The van der Waals surface area contributed by atoms with Gasteiger partial charge in [-0.05, 0) is 25.5 Å². The average Bonchev–Trinajstić information content (AvgIpc) is 3.33. The number of piperazine rings is 1. The first kappa shape index (κ1) is 17.1. The van der Waals surface area contributed by atoms with E-state index in [9.17, 15) is 0 Å². The van der Waals surface area contributed by atoms with Crippen molar-refractivity contribution in [1.82, 2.24) is 29.5 Å². The molecule has 6 nitrogen and oxygen atoms in total. The Balaban J connectivity index is 1.50. The lowest BCUT2D eigenvalue weighted by Gasteiger charge is -2.40. The summed E-state index contributed by atoms with van der Waals surface area (Å²) in [6, 6.07) is 1.20.